The quantitative estimate of drug-likeness (QED) is 0.402. The summed E-state index contributed by atoms with van der Waals surface area (Å²) < 4.78 is 7.59. The molecule has 1 aliphatic rings. The second-order valence-electron chi connectivity index (χ2n) is 8.82. The Balaban J connectivity index is 1.35. The first-order chi connectivity index (χ1) is 17.4. The lowest BCUT2D eigenvalue weighted by molar-refractivity contribution is -0.140. The van der Waals surface area contributed by atoms with E-state index >= 15 is 0 Å². The molecule has 186 valence electrons. The number of pyridine rings is 1. The van der Waals surface area contributed by atoms with E-state index in [1.54, 1.807) is 24.4 Å². The number of nitrogens with zero attached hydrogens (tertiary/aromatic N) is 5. The van der Waals surface area contributed by atoms with Crippen LogP contribution in [0.3, 0.4) is 0 Å². The van der Waals surface area contributed by atoms with Crippen LogP contribution in [-0.4, -0.2) is 61.6 Å². The molecule has 4 heterocycles. The van der Waals surface area contributed by atoms with E-state index in [2.05, 4.69) is 26.3 Å². The van der Waals surface area contributed by atoms with Crippen molar-refractivity contribution in [2.24, 2.45) is 0 Å². The van der Waals surface area contributed by atoms with Crippen LogP contribution in [0.1, 0.15) is 31.2 Å². The van der Waals surface area contributed by atoms with Crippen molar-refractivity contribution in [3.05, 3.63) is 65.6 Å². The largest absolute Gasteiger partial charge is 0.495 e. The van der Waals surface area contributed by atoms with E-state index < -0.39 is 6.10 Å². The second-order valence-corrected chi connectivity index (χ2v) is 9.23. The van der Waals surface area contributed by atoms with Crippen molar-refractivity contribution < 1.29 is 14.6 Å². The summed E-state index contributed by atoms with van der Waals surface area (Å²) in [6.45, 7) is 2.76. The van der Waals surface area contributed by atoms with Gasteiger partial charge >= 0.3 is 0 Å². The molecule has 5 rings (SSSR count). The van der Waals surface area contributed by atoms with Crippen molar-refractivity contribution in [3.8, 4) is 17.1 Å². The van der Waals surface area contributed by atoms with E-state index in [4.69, 9.17) is 16.3 Å². The lowest BCUT2D eigenvalue weighted by Crippen LogP contribution is -2.42. The molecule has 0 unspecified atom stereocenters. The minimum absolute atomic E-state index is 0.211. The van der Waals surface area contributed by atoms with Crippen LogP contribution in [0.5, 0.6) is 5.75 Å². The summed E-state index contributed by atoms with van der Waals surface area (Å²) in [5.41, 5.74) is 4.01. The number of aliphatic hydroxyl groups is 1. The molecule has 1 amide bonds. The van der Waals surface area contributed by atoms with Gasteiger partial charge in [0, 0.05) is 19.3 Å². The summed E-state index contributed by atoms with van der Waals surface area (Å²) in [5, 5.41) is 13.2. The van der Waals surface area contributed by atoms with Gasteiger partial charge in [-0.3, -0.25) is 9.20 Å². The van der Waals surface area contributed by atoms with Crippen LogP contribution in [0.15, 0.2) is 55.0 Å². The summed E-state index contributed by atoms with van der Waals surface area (Å²) >= 11 is 6.45. The Labute approximate surface area is 213 Å². The summed E-state index contributed by atoms with van der Waals surface area (Å²) in [7, 11) is 1.63. The van der Waals surface area contributed by atoms with Gasteiger partial charge in [0.25, 0.3) is 5.91 Å². The van der Waals surface area contributed by atoms with E-state index in [9.17, 15) is 9.90 Å². The van der Waals surface area contributed by atoms with E-state index in [1.165, 1.54) is 6.92 Å². The number of rotatable bonds is 6. The number of halogens is 1. The highest BCUT2D eigenvalue weighted by Crippen LogP contribution is 2.35. The monoisotopic (exact) mass is 506 g/mol. The van der Waals surface area contributed by atoms with Gasteiger partial charge in [0.1, 0.15) is 23.2 Å². The van der Waals surface area contributed by atoms with Crippen LogP contribution in [0.4, 0.5) is 11.6 Å². The number of imidazole rings is 1. The standard InChI is InChI=1S/C26H27ClN6O3/c1-16(34)25(35)32-11-8-17(9-12-32)18-6-7-20(22(13-18)36-2)30-26-29-14-19(27)24(31-26)21-15-28-23-5-3-4-10-33(21)23/h3-7,10,13-17,34H,8-9,11-12H2,1-2H3,(H,29,30,31)/t16-/m0/s1. The maximum atomic E-state index is 12.1. The highest BCUT2D eigenvalue weighted by molar-refractivity contribution is 6.32. The Morgan fingerprint density at radius 3 is 2.75 bits per heavy atom. The summed E-state index contributed by atoms with van der Waals surface area (Å²) in [4.78, 5) is 27.2. The molecule has 36 heavy (non-hydrogen) atoms. The molecule has 2 N–H and O–H groups in total. The Bertz CT molecular complexity index is 1400. The van der Waals surface area contributed by atoms with Crippen LogP contribution < -0.4 is 10.1 Å². The van der Waals surface area contributed by atoms with Crippen LogP contribution in [-0.2, 0) is 4.79 Å². The topological polar surface area (TPSA) is 105 Å². The smallest absolute Gasteiger partial charge is 0.251 e. The normalized spacial score (nSPS) is 15.2. The molecular weight excluding hydrogens is 480 g/mol. The van der Waals surface area contributed by atoms with Crippen LogP contribution in [0.25, 0.3) is 17.0 Å². The number of carbonyl (C=O) groups is 1. The number of amides is 1. The Kier molecular flexibility index (Phi) is 6.75. The molecule has 0 aliphatic carbocycles. The SMILES string of the molecule is COc1cc(C2CCN(C(=O)[C@H](C)O)CC2)ccc1Nc1ncc(Cl)c(-c2cnc3ccccn23)n1. The summed E-state index contributed by atoms with van der Waals surface area (Å²) in [6, 6.07) is 11.8. The average molecular weight is 507 g/mol. The fraction of sp³-hybridized carbons (Fsp3) is 0.308. The molecule has 1 saturated heterocycles. The van der Waals surface area contributed by atoms with Crippen LogP contribution >= 0.6 is 11.6 Å². The molecular formula is C26H27ClN6O3. The van der Waals surface area contributed by atoms with Gasteiger partial charge in [-0.1, -0.05) is 23.7 Å². The van der Waals surface area contributed by atoms with Gasteiger partial charge < -0.3 is 20.1 Å². The first-order valence-corrected chi connectivity index (χ1v) is 12.2. The Morgan fingerprint density at radius 1 is 1.19 bits per heavy atom. The van der Waals surface area contributed by atoms with Gasteiger partial charge in [-0.25, -0.2) is 15.0 Å². The Morgan fingerprint density at radius 2 is 2.00 bits per heavy atom. The van der Waals surface area contributed by atoms with Crippen molar-refractivity contribution in [1.82, 2.24) is 24.3 Å². The third-order valence-corrected chi connectivity index (χ3v) is 6.79. The van der Waals surface area contributed by atoms with Crippen molar-refractivity contribution >= 4 is 34.8 Å². The number of benzene rings is 1. The molecule has 0 radical (unpaired) electrons. The van der Waals surface area contributed by atoms with Gasteiger partial charge in [0.15, 0.2) is 0 Å². The van der Waals surface area contributed by atoms with Crippen LogP contribution in [0, 0.1) is 0 Å². The van der Waals surface area contributed by atoms with Gasteiger partial charge in [0.2, 0.25) is 5.95 Å². The number of carbonyl (C=O) groups excluding carboxylic acids is 1. The number of piperidine rings is 1. The van der Waals surface area contributed by atoms with E-state index in [0.717, 1.165) is 35.4 Å². The minimum atomic E-state index is -0.963. The molecule has 10 heteroatoms. The molecule has 1 aromatic carbocycles. The maximum Gasteiger partial charge on any atom is 0.251 e. The van der Waals surface area contributed by atoms with Crippen molar-refractivity contribution in [2.75, 3.05) is 25.5 Å². The lowest BCUT2D eigenvalue weighted by atomic mass is 9.89. The molecule has 1 fully saturated rings. The highest BCUT2D eigenvalue weighted by Gasteiger charge is 2.26. The van der Waals surface area contributed by atoms with Gasteiger partial charge in [-0.05, 0) is 55.5 Å². The number of aromatic nitrogens is 4. The number of nitrogens with one attached hydrogen (secondary N) is 1. The second kappa shape index (κ2) is 10.1. The predicted octanol–water partition coefficient (Wildman–Crippen LogP) is 4.28. The zero-order chi connectivity index (χ0) is 25.2. The number of fused-ring (bicyclic) bond motifs is 1. The number of ether oxygens (including phenoxy) is 1. The molecule has 1 aliphatic heterocycles. The molecule has 4 aromatic rings. The van der Waals surface area contributed by atoms with Crippen molar-refractivity contribution in [1.29, 1.82) is 0 Å². The number of hydrogen-bond acceptors (Lipinski definition) is 7. The molecule has 3 aromatic heterocycles. The first-order valence-electron chi connectivity index (χ1n) is 11.8. The number of aliphatic hydroxyl groups excluding tert-OH is 1. The van der Waals surface area contributed by atoms with Gasteiger partial charge in [-0.15, -0.1) is 0 Å². The summed E-state index contributed by atoms with van der Waals surface area (Å²) in [5.74, 6) is 1.15. The zero-order valence-corrected chi connectivity index (χ0v) is 20.8. The van der Waals surface area contributed by atoms with E-state index in [1.807, 2.05) is 40.9 Å². The molecule has 9 nitrogen and oxygen atoms in total. The third-order valence-electron chi connectivity index (χ3n) is 6.51. The zero-order valence-electron chi connectivity index (χ0n) is 20.1. The fourth-order valence-electron chi connectivity index (χ4n) is 4.60. The third kappa shape index (κ3) is 4.72. The Hall–Kier alpha value is -3.69. The number of anilines is 2. The molecule has 0 spiro atoms. The molecule has 0 bridgehead atoms. The van der Waals surface area contributed by atoms with Crippen LogP contribution in [0.2, 0.25) is 5.02 Å². The summed E-state index contributed by atoms with van der Waals surface area (Å²) in [6.07, 6.45) is 5.92. The van der Waals surface area contributed by atoms with Gasteiger partial charge in [-0.2, -0.15) is 0 Å². The van der Waals surface area contributed by atoms with Crippen molar-refractivity contribution in [3.63, 3.8) is 0 Å². The molecule has 1 atom stereocenters. The minimum Gasteiger partial charge on any atom is -0.495 e. The fourth-order valence-corrected chi connectivity index (χ4v) is 4.79. The highest BCUT2D eigenvalue weighted by atomic mass is 35.5. The maximum absolute atomic E-state index is 12.1. The average Bonchev–Trinajstić information content (AvgIpc) is 3.33. The number of likely N-dealkylation sites (tertiary alicyclic amines) is 1. The van der Waals surface area contributed by atoms with E-state index in [-0.39, 0.29) is 5.91 Å². The van der Waals surface area contributed by atoms with Crippen molar-refractivity contribution in [2.45, 2.75) is 31.8 Å². The predicted molar refractivity (Wildman–Crippen MR) is 138 cm³/mol. The lowest BCUT2D eigenvalue weighted by Gasteiger charge is -2.33. The first kappa shape index (κ1) is 24.0. The number of methoxy groups -OCH3 is 1. The molecule has 0 saturated carbocycles. The van der Waals surface area contributed by atoms with E-state index in [0.29, 0.717) is 41.4 Å². The number of hydrogen-bond donors (Lipinski definition) is 2. The van der Waals surface area contributed by atoms with Gasteiger partial charge in [0.05, 0.1) is 35.9 Å².